The number of piperidine rings is 1. The van der Waals surface area contributed by atoms with Crippen molar-refractivity contribution in [1.29, 1.82) is 0 Å². The van der Waals surface area contributed by atoms with Crippen molar-refractivity contribution in [2.75, 3.05) is 17.8 Å². The Bertz CT molecular complexity index is 513. The summed E-state index contributed by atoms with van der Waals surface area (Å²) in [4.78, 5) is 10.9. The van der Waals surface area contributed by atoms with Gasteiger partial charge in [0.25, 0.3) is 0 Å². The molecular formula is C9H14N4O4S. The second-order valence-corrected chi connectivity index (χ2v) is 5.80. The molecule has 1 aromatic heterocycles. The van der Waals surface area contributed by atoms with Gasteiger partial charge in [-0.15, -0.1) is 0 Å². The van der Waals surface area contributed by atoms with E-state index in [1.165, 1.54) is 12.4 Å². The van der Waals surface area contributed by atoms with E-state index in [0.717, 1.165) is 4.31 Å². The van der Waals surface area contributed by atoms with E-state index < -0.39 is 22.1 Å². The lowest BCUT2D eigenvalue weighted by Crippen LogP contribution is -2.44. The molecule has 0 radical (unpaired) electrons. The zero-order valence-corrected chi connectivity index (χ0v) is 10.4. The van der Waals surface area contributed by atoms with Gasteiger partial charge in [0.05, 0.1) is 17.8 Å². The van der Waals surface area contributed by atoms with E-state index in [9.17, 15) is 13.2 Å². The first-order valence-electron chi connectivity index (χ1n) is 5.48. The number of carboxylic acid groups (broad SMARTS) is 1. The summed E-state index contributed by atoms with van der Waals surface area (Å²) >= 11 is 0. The summed E-state index contributed by atoms with van der Waals surface area (Å²) in [5, 5.41) is 15.0. The number of anilines is 1. The largest absolute Gasteiger partial charge is 0.481 e. The van der Waals surface area contributed by atoms with Crippen molar-refractivity contribution in [2.45, 2.75) is 12.8 Å². The van der Waals surface area contributed by atoms with E-state index in [1.54, 1.807) is 0 Å². The molecule has 1 aromatic rings. The minimum atomic E-state index is -3.71. The van der Waals surface area contributed by atoms with E-state index >= 15 is 0 Å². The SMILES string of the molecule is O=C(O)C1CCCN(S(=O)(=O)Nc2cn[nH]c2)C1. The first-order chi connectivity index (χ1) is 8.49. The number of rotatable bonds is 4. The molecule has 1 saturated heterocycles. The van der Waals surface area contributed by atoms with Crippen LogP contribution in [0.1, 0.15) is 12.8 Å². The van der Waals surface area contributed by atoms with Crippen LogP contribution < -0.4 is 4.72 Å². The van der Waals surface area contributed by atoms with Gasteiger partial charge < -0.3 is 5.11 Å². The van der Waals surface area contributed by atoms with Gasteiger partial charge in [-0.2, -0.15) is 17.8 Å². The Balaban J connectivity index is 2.07. The Morgan fingerprint density at radius 2 is 2.39 bits per heavy atom. The third-order valence-electron chi connectivity index (χ3n) is 2.82. The minimum Gasteiger partial charge on any atom is -0.481 e. The van der Waals surface area contributed by atoms with Crippen LogP contribution in [0.3, 0.4) is 0 Å². The van der Waals surface area contributed by atoms with E-state index in [4.69, 9.17) is 5.11 Å². The molecule has 0 bridgehead atoms. The number of nitrogens with one attached hydrogen (secondary N) is 2. The number of nitrogens with zero attached hydrogens (tertiary/aromatic N) is 2. The van der Waals surface area contributed by atoms with Crippen molar-refractivity contribution in [2.24, 2.45) is 5.92 Å². The Labute approximate surface area is 104 Å². The highest BCUT2D eigenvalue weighted by atomic mass is 32.2. The molecule has 1 fully saturated rings. The highest BCUT2D eigenvalue weighted by Gasteiger charge is 2.32. The van der Waals surface area contributed by atoms with Crippen LogP contribution >= 0.6 is 0 Å². The number of carboxylic acids is 1. The Morgan fingerprint density at radius 3 is 3.00 bits per heavy atom. The molecule has 2 rings (SSSR count). The molecule has 100 valence electrons. The Hall–Kier alpha value is -1.61. The maximum Gasteiger partial charge on any atom is 0.307 e. The van der Waals surface area contributed by atoms with Gasteiger partial charge in [0.2, 0.25) is 0 Å². The van der Waals surface area contributed by atoms with Gasteiger partial charge in [0.1, 0.15) is 0 Å². The third kappa shape index (κ3) is 2.79. The summed E-state index contributed by atoms with van der Waals surface area (Å²) in [6.07, 6.45) is 3.81. The smallest absolute Gasteiger partial charge is 0.307 e. The standard InChI is InChI=1S/C9H14N4O4S/c14-9(15)7-2-1-3-13(6-7)18(16,17)12-8-4-10-11-5-8/h4-5,7,12H,1-3,6H2,(H,10,11)(H,14,15). The molecule has 1 unspecified atom stereocenters. The van der Waals surface area contributed by atoms with E-state index in [1.807, 2.05) is 0 Å². The van der Waals surface area contributed by atoms with Crippen molar-refractivity contribution in [3.05, 3.63) is 12.4 Å². The molecule has 3 N–H and O–H groups in total. The number of aliphatic carboxylic acids is 1. The van der Waals surface area contributed by atoms with Gasteiger partial charge >= 0.3 is 16.2 Å². The fourth-order valence-electron chi connectivity index (χ4n) is 1.88. The van der Waals surface area contributed by atoms with Gasteiger partial charge in [0, 0.05) is 19.3 Å². The van der Waals surface area contributed by atoms with Crippen molar-refractivity contribution in [3.8, 4) is 0 Å². The molecule has 0 saturated carbocycles. The highest BCUT2D eigenvalue weighted by Crippen LogP contribution is 2.20. The molecule has 18 heavy (non-hydrogen) atoms. The van der Waals surface area contributed by atoms with E-state index in [0.29, 0.717) is 25.1 Å². The van der Waals surface area contributed by atoms with Gasteiger partial charge in [-0.3, -0.25) is 14.6 Å². The Kier molecular flexibility index (Phi) is 3.53. The van der Waals surface area contributed by atoms with Gasteiger partial charge in [-0.1, -0.05) is 0 Å². The summed E-state index contributed by atoms with van der Waals surface area (Å²) in [5.74, 6) is -1.60. The predicted molar refractivity (Wildman–Crippen MR) is 63.1 cm³/mol. The fraction of sp³-hybridized carbons (Fsp3) is 0.556. The molecule has 8 nitrogen and oxygen atoms in total. The summed E-state index contributed by atoms with van der Waals surface area (Å²) in [6, 6.07) is 0. The zero-order chi connectivity index (χ0) is 13.2. The van der Waals surface area contributed by atoms with Crippen molar-refractivity contribution in [1.82, 2.24) is 14.5 Å². The van der Waals surface area contributed by atoms with Crippen LogP contribution in [0.15, 0.2) is 12.4 Å². The molecule has 1 aliphatic rings. The van der Waals surface area contributed by atoms with Crippen LogP contribution in [-0.4, -0.2) is 47.1 Å². The van der Waals surface area contributed by atoms with Crippen LogP contribution in [0.2, 0.25) is 0 Å². The van der Waals surface area contributed by atoms with Crippen LogP contribution in [0, 0.1) is 5.92 Å². The minimum absolute atomic E-state index is 0.00250. The van der Waals surface area contributed by atoms with Gasteiger partial charge in [0.15, 0.2) is 0 Å². The first-order valence-corrected chi connectivity index (χ1v) is 6.92. The van der Waals surface area contributed by atoms with E-state index in [-0.39, 0.29) is 6.54 Å². The summed E-state index contributed by atoms with van der Waals surface area (Å²) in [5.41, 5.74) is 0.326. The molecule has 1 atom stereocenters. The second kappa shape index (κ2) is 4.94. The average molecular weight is 274 g/mol. The van der Waals surface area contributed by atoms with Crippen molar-refractivity contribution < 1.29 is 18.3 Å². The molecule has 0 aliphatic carbocycles. The van der Waals surface area contributed by atoms with Crippen LogP contribution in [0.5, 0.6) is 0 Å². The lowest BCUT2D eigenvalue weighted by molar-refractivity contribution is -0.142. The quantitative estimate of drug-likeness (QED) is 0.707. The maximum absolute atomic E-state index is 12.0. The molecule has 1 aliphatic heterocycles. The maximum atomic E-state index is 12.0. The average Bonchev–Trinajstić information content (AvgIpc) is 2.81. The monoisotopic (exact) mass is 274 g/mol. The molecule has 0 aromatic carbocycles. The van der Waals surface area contributed by atoms with Crippen LogP contribution in [0.25, 0.3) is 0 Å². The number of hydrogen-bond acceptors (Lipinski definition) is 4. The first kappa shape index (κ1) is 12.8. The summed E-state index contributed by atoms with van der Waals surface area (Å²) < 4.78 is 27.5. The lowest BCUT2D eigenvalue weighted by atomic mass is 10.0. The summed E-state index contributed by atoms with van der Waals surface area (Å²) in [7, 11) is -3.71. The number of carbonyl (C=O) groups is 1. The van der Waals surface area contributed by atoms with Gasteiger partial charge in [-0.25, -0.2) is 0 Å². The van der Waals surface area contributed by atoms with Gasteiger partial charge in [-0.05, 0) is 12.8 Å². The third-order valence-corrected chi connectivity index (χ3v) is 4.32. The Morgan fingerprint density at radius 1 is 1.61 bits per heavy atom. The summed E-state index contributed by atoms with van der Waals surface area (Å²) in [6.45, 7) is 0.333. The number of aromatic nitrogens is 2. The number of hydrogen-bond donors (Lipinski definition) is 3. The molecular weight excluding hydrogens is 260 g/mol. The van der Waals surface area contributed by atoms with Crippen molar-refractivity contribution in [3.63, 3.8) is 0 Å². The van der Waals surface area contributed by atoms with Crippen molar-refractivity contribution >= 4 is 21.9 Å². The normalized spacial score (nSPS) is 21.7. The fourth-order valence-corrected chi connectivity index (χ4v) is 3.17. The zero-order valence-electron chi connectivity index (χ0n) is 9.54. The molecule has 2 heterocycles. The molecule has 0 spiro atoms. The second-order valence-electron chi connectivity index (χ2n) is 4.13. The lowest BCUT2D eigenvalue weighted by Gasteiger charge is -2.29. The predicted octanol–water partition coefficient (Wildman–Crippen LogP) is -0.137. The number of aromatic amines is 1. The topological polar surface area (TPSA) is 115 Å². The van der Waals surface area contributed by atoms with Crippen LogP contribution in [0.4, 0.5) is 5.69 Å². The highest BCUT2D eigenvalue weighted by molar-refractivity contribution is 7.90. The van der Waals surface area contributed by atoms with E-state index in [2.05, 4.69) is 14.9 Å². The molecule has 9 heteroatoms. The van der Waals surface area contributed by atoms with Crippen LogP contribution in [-0.2, 0) is 15.0 Å². The molecule has 0 amide bonds. The number of H-pyrrole nitrogens is 1.